The molecule has 0 bridgehead atoms. The minimum atomic E-state index is -0.405. The van der Waals surface area contributed by atoms with Crippen LogP contribution in [0.3, 0.4) is 0 Å². The van der Waals surface area contributed by atoms with Crippen LogP contribution in [0.5, 0.6) is 0 Å². The number of esters is 1. The number of aromatic nitrogens is 2. The zero-order valence-electron chi connectivity index (χ0n) is 9.83. The van der Waals surface area contributed by atoms with Crippen LogP contribution in [0.2, 0.25) is 0 Å². The van der Waals surface area contributed by atoms with E-state index < -0.39 is 6.04 Å². The first-order valence-corrected chi connectivity index (χ1v) is 5.40. The number of rotatable bonds is 3. The second-order valence-corrected chi connectivity index (χ2v) is 3.77. The van der Waals surface area contributed by atoms with Crippen LogP contribution in [0.25, 0.3) is 11.1 Å². The van der Waals surface area contributed by atoms with E-state index in [2.05, 4.69) is 9.84 Å². The van der Waals surface area contributed by atoms with Crippen molar-refractivity contribution in [3.8, 4) is 11.1 Å². The Kier molecular flexibility index (Phi) is 3.23. The number of nitrogens with zero attached hydrogens (tertiary/aromatic N) is 2. The second kappa shape index (κ2) is 4.82. The molecule has 0 spiro atoms. The maximum absolute atomic E-state index is 11.4. The summed E-state index contributed by atoms with van der Waals surface area (Å²) in [6, 6.07) is 9.50. The predicted octanol–water partition coefficient (Wildman–Crippen LogP) is 2.28. The molecule has 4 heteroatoms. The first-order chi connectivity index (χ1) is 8.22. The Labute approximate surface area is 99.8 Å². The zero-order valence-corrected chi connectivity index (χ0v) is 9.83. The highest BCUT2D eigenvalue weighted by Crippen LogP contribution is 2.19. The molecule has 1 atom stereocenters. The van der Waals surface area contributed by atoms with Gasteiger partial charge in [-0.05, 0) is 12.5 Å². The van der Waals surface area contributed by atoms with Gasteiger partial charge in [0.2, 0.25) is 0 Å². The summed E-state index contributed by atoms with van der Waals surface area (Å²) in [6.45, 7) is 1.76. The molecule has 1 aromatic heterocycles. The molecular weight excluding hydrogens is 216 g/mol. The maximum Gasteiger partial charge on any atom is 0.330 e. The maximum atomic E-state index is 11.4. The average Bonchev–Trinajstić information content (AvgIpc) is 2.87. The fraction of sp³-hybridized carbons (Fsp3) is 0.231. The smallest absolute Gasteiger partial charge is 0.330 e. The third-order valence-electron chi connectivity index (χ3n) is 2.65. The van der Waals surface area contributed by atoms with Gasteiger partial charge in [0.05, 0.1) is 13.3 Å². The van der Waals surface area contributed by atoms with Crippen LogP contribution >= 0.6 is 0 Å². The van der Waals surface area contributed by atoms with Crippen molar-refractivity contribution in [3.63, 3.8) is 0 Å². The molecule has 2 aromatic rings. The van der Waals surface area contributed by atoms with Crippen LogP contribution in [0, 0.1) is 0 Å². The quantitative estimate of drug-likeness (QED) is 0.760. The molecular formula is C13H14N2O2. The van der Waals surface area contributed by atoms with Crippen LogP contribution in [0.4, 0.5) is 0 Å². The van der Waals surface area contributed by atoms with E-state index in [1.54, 1.807) is 17.8 Å². The summed E-state index contributed by atoms with van der Waals surface area (Å²) in [5.41, 5.74) is 2.07. The lowest BCUT2D eigenvalue weighted by molar-refractivity contribution is -0.144. The van der Waals surface area contributed by atoms with Gasteiger partial charge in [-0.15, -0.1) is 0 Å². The van der Waals surface area contributed by atoms with Gasteiger partial charge in [-0.25, -0.2) is 4.79 Å². The average molecular weight is 230 g/mol. The molecule has 1 unspecified atom stereocenters. The number of methoxy groups -OCH3 is 1. The van der Waals surface area contributed by atoms with Crippen LogP contribution in [0.1, 0.15) is 13.0 Å². The predicted molar refractivity (Wildman–Crippen MR) is 64.4 cm³/mol. The molecule has 0 fully saturated rings. The fourth-order valence-electron chi connectivity index (χ4n) is 1.61. The van der Waals surface area contributed by atoms with Crippen molar-refractivity contribution in [2.75, 3.05) is 7.11 Å². The Morgan fingerprint density at radius 1 is 1.29 bits per heavy atom. The number of hydrogen-bond acceptors (Lipinski definition) is 3. The molecule has 0 N–H and O–H groups in total. The molecule has 0 aliphatic carbocycles. The van der Waals surface area contributed by atoms with Gasteiger partial charge in [0.1, 0.15) is 6.04 Å². The Balaban J connectivity index is 2.25. The van der Waals surface area contributed by atoms with Gasteiger partial charge in [-0.1, -0.05) is 30.3 Å². The summed E-state index contributed by atoms with van der Waals surface area (Å²) in [7, 11) is 1.38. The van der Waals surface area contributed by atoms with E-state index in [4.69, 9.17) is 0 Å². The lowest BCUT2D eigenvalue weighted by Crippen LogP contribution is -2.17. The largest absolute Gasteiger partial charge is 0.467 e. The molecule has 88 valence electrons. The monoisotopic (exact) mass is 230 g/mol. The lowest BCUT2D eigenvalue weighted by Gasteiger charge is -2.08. The summed E-state index contributed by atoms with van der Waals surface area (Å²) in [5.74, 6) is -0.298. The van der Waals surface area contributed by atoms with E-state index in [0.29, 0.717) is 0 Å². The molecule has 0 aliphatic rings. The van der Waals surface area contributed by atoms with Crippen molar-refractivity contribution in [2.45, 2.75) is 13.0 Å². The molecule has 1 aromatic carbocycles. The van der Waals surface area contributed by atoms with Gasteiger partial charge in [0.25, 0.3) is 0 Å². The number of ether oxygens (including phenoxy) is 1. The molecule has 0 radical (unpaired) electrons. The highest BCUT2D eigenvalue weighted by molar-refractivity contribution is 5.73. The van der Waals surface area contributed by atoms with E-state index in [1.807, 2.05) is 36.5 Å². The van der Waals surface area contributed by atoms with Gasteiger partial charge < -0.3 is 4.74 Å². The Hall–Kier alpha value is -2.10. The van der Waals surface area contributed by atoms with Crippen molar-refractivity contribution in [1.29, 1.82) is 0 Å². The zero-order chi connectivity index (χ0) is 12.3. The van der Waals surface area contributed by atoms with Crippen molar-refractivity contribution < 1.29 is 9.53 Å². The van der Waals surface area contributed by atoms with Crippen LogP contribution < -0.4 is 0 Å². The number of benzene rings is 1. The third kappa shape index (κ3) is 2.36. The number of hydrogen-bond donors (Lipinski definition) is 0. The number of carbonyl (C=O) groups is 1. The van der Waals surface area contributed by atoms with Crippen molar-refractivity contribution in [2.24, 2.45) is 0 Å². The minimum absolute atomic E-state index is 0.298. The molecule has 4 nitrogen and oxygen atoms in total. The van der Waals surface area contributed by atoms with Crippen LogP contribution in [-0.4, -0.2) is 22.9 Å². The fourth-order valence-corrected chi connectivity index (χ4v) is 1.61. The summed E-state index contributed by atoms with van der Waals surface area (Å²) in [6.07, 6.45) is 3.59. The van der Waals surface area contributed by atoms with Gasteiger partial charge in [-0.2, -0.15) is 5.10 Å². The van der Waals surface area contributed by atoms with Gasteiger partial charge >= 0.3 is 5.97 Å². The highest BCUT2D eigenvalue weighted by Gasteiger charge is 2.16. The summed E-state index contributed by atoms with van der Waals surface area (Å²) < 4.78 is 6.29. The third-order valence-corrected chi connectivity index (χ3v) is 2.65. The first kappa shape index (κ1) is 11.4. The normalized spacial score (nSPS) is 12.1. The summed E-state index contributed by atoms with van der Waals surface area (Å²) in [5, 5.41) is 4.18. The highest BCUT2D eigenvalue weighted by atomic mass is 16.5. The lowest BCUT2D eigenvalue weighted by atomic mass is 10.1. The Bertz CT molecular complexity index is 505. The topological polar surface area (TPSA) is 44.1 Å². The van der Waals surface area contributed by atoms with E-state index in [9.17, 15) is 4.79 Å². The molecule has 0 saturated carbocycles. The Morgan fingerprint density at radius 2 is 2.00 bits per heavy atom. The van der Waals surface area contributed by atoms with E-state index in [0.717, 1.165) is 11.1 Å². The summed E-state index contributed by atoms with van der Waals surface area (Å²) in [4.78, 5) is 11.4. The molecule has 2 rings (SSSR count). The van der Waals surface area contributed by atoms with E-state index in [1.165, 1.54) is 7.11 Å². The standard InChI is InChI=1S/C13H14N2O2/c1-10(13(16)17-2)15-9-12(8-14-15)11-6-4-3-5-7-11/h3-10H,1-2H3. The van der Waals surface area contributed by atoms with Crippen molar-refractivity contribution in [1.82, 2.24) is 9.78 Å². The SMILES string of the molecule is COC(=O)C(C)n1cc(-c2ccccc2)cn1. The first-order valence-electron chi connectivity index (χ1n) is 5.40. The summed E-state index contributed by atoms with van der Waals surface area (Å²) >= 11 is 0. The second-order valence-electron chi connectivity index (χ2n) is 3.77. The van der Waals surface area contributed by atoms with Gasteiger partial charge in [-0.3, -0.25) is 4.68 Å². The minimum Gasteiger partial charge on any atom is -0.467 e. The van der Waals surface area contributed by atoms with E-state index in [-0.39, 0.29) is 5.97 Å². The van der Waals surface area contributed by atoms with E-state index >= 15 is 0 Å². The molecule has 0 aliphatic heterocycles. The molecule has 17 heavy (non-hydrogen) atoms. The van der Waals surface area contributed by atoms with Gasteiger partial charge in [0.15, 0.2) is 0 Å². The molecule has 0 saturated heterocycles. The van der Waals surface area contributed by atoms with Crippen LogP contribution in [-0.2, 0) is 9.53 Å². The van der Waals surface area contributed by atoms with Crippen molar-refractivity contribution in [3.05, 3.63) is 42.7 Å². The molecule has 0 amide bonds. The van der Waals surface area contributed by atoms with Crippen molar-refractivity contribution >= 4 is 5.97 Å². The molecule has 1 heterocycles. The Morgan fingerprint density at radius 3 is 2.65 bits per heavy atom. The van der Waals surface area contributed by atoms with Crippen LogP contribution in [0.15, 0.2) is 42.7 Å². The number of carbonyl (C=O) groups excluding carboxylic acids is 1. The van der Waals surface area contributed by atoms with Gasteiger partial charge in [0, 0.05) is 11.8 Å².